The molecule has 0 nitrogen and oxygen atoms in total. The van der Waals surface area contributed by atoms with Gasteiger partial charge in [-0.3, -0.25) is 0 Å². The van der Waals surface area contributed by atoms with Gasteiger partial charge in [-0.05, 0) is 31.1 Å². The van der Waals surface area contributed by atoms with E-state index in [0.717, 1.165) is 5.41 Å². The van der Waals surface area contributed by atoms with E-state index in [0.29, 0.717) is 0 Å². The zero-order valence-electron chi connectivity index (χ0n) is 7.44. The lowest BCUT2D eigenvalue weighted by molar-refractivity contribution is 0.425. The first-order valence-corrected chi connectivity index (χ1v) is 5.26. The average molecular weight is 151 g/mol. The third kappa shape index (κ3) is 1.98. The molecule has 0 aromatic carbocycles. The van der Waals surface area contributed by atoms with Crippen LogP contribution in [-0.2, 0) is 0 Å². The summed E-state index contributed by atoms with van der Waals surface area (Å²) < 4.78 is 0. The van der Waals surface area contributed by atoms with Gasteiger partial charge >= 0.3 is 0 Å². The van der Waals surface area contributed by atoms with E-state index in [1.54, 1.807) is 0 Å². The molecule has 0 aromatic heterocycles. The summed E-state index contributed by atoms with van der Waals surface area (Å²) in [6.45, 7) is 0. The number of hydrogen-bond acceptors (Lipinski definition) is 0. The maximum absolute atomic E-state index is 2.55. The molecule has 1 radical (unpaired) electrons. The quantitative estimate of drug-likeness (QED) is 0.495. The molecule has 0 saturated heterocycles. The van der Waals surface area contributed by atoms with E-state index >= 15 is 0 Å². The van der Waals surface area contributed by atoms with Crippen LogP contribution >= 0.6 is 0 Å². The second-order valence-corrected chi connectivity index (χ2v) is 4.39. The minimum atomic E-state index is 0.768. The lowest BCUT2D eigenvalue weighted by Crippen LogP contribution is -1.98. The van der Waals surface area contributed by atoms with Crippen molar-refractivity contribution in [3.63, 3.8) is 0 Å². The van der Waals surface area contributed by atoms with Crippen LogP contribution < -0.4 is 0 Å². The molecule has 2 fully saturated rings. The maximum Gasteiger partial charge on any atom is -0.0263 e. The van der Waals surface area contributed by atoms with Crippen LogP contribution in [0.3, 0.4) is 0 Å². The van der Waals surface area contributed by atoms with Crippen molar-refractivity contribution in [3.05, 3.63) is 6.42 Å². The van der Waals surface area contributed by atoms with Crippen molar-refractivity contribution in [1.82, 2.24) is 0 Å². The zero-order valence-corrected chi connectivity index (χ0v) is 7.44. The third-order valence-electron chi connectivity index (χ3n) is 3.38. The van der Waals surface area contributed by atoms with Gasteiger partial charge < -0.3 is 0 Å². The summed E-state index contributed by atoms with van der Waals surface area (Å²) >= 11 is 0. The Morgan fingerprint density at radius 3 is 1.64 bits per heavy atom. The standard InChI is InChI=1S/C11H19/c1-2-4-6-8-11(9-10-11)7-5-3-1/h9H,1-8,10H2. The predicted octanol–water partition coefficient (Wildman–Crippen LogP) is 3.72. The fraction of sp³-hybridized carbons (Fsp3) is 0.909. The van der Waals surface area contributed by atoms with Gasteiger partial charge in [-0.1, -0.05) is 38.5 Å². The molecule has 63 valence electrons. The summed E-state index contributed by atoms with van der Waals surface area (Å²) in [5, 5.41) is 0. The van der Waals surface area contributed by atoms with Crippen LogP contribution in [0.5, 0.6) is 0 Å². The SMILES string of the molecule is [CH]1CC12CCCCCCCC2. The number of rotatable bonds is 0. The van der Waals surface area contributed by atoms with Crippen LogP contribution in [0, 0.1) is 11.8 Å². The Kier molecular flexibility index (Phi) is 2.20. The van der Waals surface area contributed by atoms with Gasteiger partial charge in [0.25, 0.3) is 0 Å². The topological polar surface area (TPSA) is 0 Å². The van der Waals surface area contributed by atoms with Crippen LogP contribution in [-0.4, -0.2) is 0 Å². The van der Waals surface area contributed by atoms with E-state index in [4.69, 9.17) is 0 Å². The Morgan fingerprint density at radius 2 is 1.18 bits per heavy atom. The monoisotopic (exact) mass is 151 g/mol. The van der Waals surface area contributed by atoms with Crippen molar-refractivity contribution in [2.24, 2.45) is 5.41 Å². The average Bonchev–Trinajstić information content (AvgIpc) is 2.70. The lowest BCUT2D eigenvalue weighted by Gasteiger charge is -2.11. The van der Waals surface area contributed by atoms with Gasteiger partial charge in [0.2, 0.25) is 0 Å². The smallest absolute Gasteiger partial charge is 0.0263 e. The van der Waals surface area contributed by atoms with Gasteiger partial charge in [-0.2, -0.15) is 0 Å². The van der Waals surface area contributed by atoms with Gasteiger partial charge in [0.05, 0.1) is 0 Å². The fourth-order valence-corrected chi connectivity index (χ4v) is 2.34. The highest BCUT2D eigenvalue weighted by Crippen LogP contribution is 2.53. The molecule has 0 atom stereocenters. The summed E-state index contributed by atoms with van der Waals surface area (Å²) in [5.41, 5.74) is 0.768. The van der Waals surface area contributed by atoms with Crippen molar-refractivity contribution in [2.45, 2.75) is 57.8 Å². The third-order valence-corrected chi connectivity index (χ3v) is 3.38. The zero-order chi connectivity index (χ0) is 7.57. The molecule has 11 heavy (non-hydrogen) atoms. The molecule has 0 bridgehead atoms. The molecule has 0 aliphatic heterocycles. The summed E-state index contributed by atoms with van der Waals surface area (Å²) in [5.74, 6) is 0. The summed E-state index contributed by atoms with van der Waals surface area (Å²) in [6.07, 6.45) is 16.0. The second kappa shape index (κ2) is 3.16. The fourth-order valence-electron chi connectivity index (χ4n) is 2.34. The van der Waals surface area contributed by atoms with E-state index in [2.05, 4.69) is 6.42 Å². The molecule has 0 heteroatoms. The Morgan fingerprint density at radius 1 is 0.727 bits per heavy atom. The summed E-state index contributed by atoms with van der Waals surface area (Å²) in [4.78, 5) is 0. The molecule has 0 unspecified atom stereocenters. The summed E-state index contributed by atoms with van der Waals surface area (Å²) in [6, 6.07) is 0. The molecule has 2 aliphatic rings. The Labute approximate surface area is 70.4 Å². The van der Waals surface area contributed by atoms with E-state index in [9.17, 15) is 0 Å². The predicted molar refractivity (Wildman–Crippen MR) is 48.3 cm³/mol. The molecule has 1 spiro atoms. The van der Waals surface area contributed by atoms with Crippen molar-refractivity contribution in [1.29, 1.82) is 0 Å². The van der Waals surface area contributed by atoms with Gasteiger partial charge in [-0.15, -0.1) is 0 Å². The summed E-state index contributed by atoms with van der Waals surface area (Å²) in [7, 11) is 0. The van der Waals surface area contributed by atoms with Crippen LogP contribution in [0.2, 0.25) is 0 Å². The van der Waals surface area contributed by atoms with E-state index in [1.165, 1.54) is 57.8 Å². The Bertz CT molecular complexity index is 110. The van der Waals surface area contributed by atoms with E-state index in [1.807, 2.05) is 0 Å². The van der Waals surface area contributed by atoms with Crippen molar-refractivity contribution in [2.75, 3.05) is 0 Å². The normalized spacial score (nSPS) is 30.5. The van der Waals surface area contributed by atoms with Crippen LogP contribution in [0.1, 0.15) is 57.8 Å². The molecule has 2 aliphatic carbocycles. The van der Waals surface area contributed by atoms with Crippen LogP contribution in [0.15, 0.2) is 0 Å². The lowest BCUT2D eigenvalue weighted by atomic mass is 9.94. The minimum absolute atomic E-state index is 0.768. The van der Waals surface area contributed by atoms with E-state index < -0.39 is 0 Å². The van der Waals surface area contributed by atoms with Gasteiger partial charge in [0, 0.05) is 0 Å². The van der Waals surface area contributed by atoms with Crippen molar-refractivity contribution >= 4 is 0 Å². The maximum atomic E-state index is 2.55. The molecule has 0 N–H and O–H groups in total. The molecule has 2 rings (SSSR count). The van der Waals surface area contributed by atoms with Crippen molar-refractivity contribution in [3.8, 4) is 0 Å². The van der Waals surface area contributed by atoms with Gasteiger partial charge in [0.15, 0.2) is 0 Å². The number of hydrogen-bond donors (Lipinski definition) is 0. The van der Waals surface area contributed by atoms with Crippen LogP contribution in [0.4, 0.5) is 0 Å². The second-order valence-electron chi connectivity index (χ2n) is 4.39. The molecule has 0 aromatic rings. The first-order chi connectivity index (χ1) is 5.41. The van der Waals surface area contributed by atoms with Crippen molar-refractivity contribution < 1.29 is 0 Å². The first-order valence-electron chi connectivity index (χ1n) is 5.26. The molecular formula is C11H19. The molecule has 0 heterocycles. The minimum Gasteiger partial charge on any atom is -0.0533 e. The molecular weight excluding hydrogens is 132 g/mol. The van der Waals surface area contributed by atoms with Gasteiger partial charge in [-0.25, -0.2) is 0 Å². The Hall–Kier alpha value is 0. The van der Waals surface area contributed by atoms with Crippen LogP contribution in [0.25, 0.3) is 0 Å². The highest BCUT2D eigenvalue weighted by molar-refractivity contribution is 5.09. The highest BCUT2D eigenvalue weighted by Gasteiger charge is 2.41. The molecule has 2 saturated carbocycles. The van der Waals surface area contributed by atoms with E-state index in [-0.39, 0.29) is 0 Å². The van der Waals surface area contributed by atoms with Gasteiger partial charge in [0.1, 0.15) is 0 Å². The first kappa shape index (κ1) is 7.64. The Balaban J connectivity index is 1.82. The highest BCUT2D eigenvalue weighted by atomic mass is 14.5. The molecule has 0 amide bonds. The largest absolute Gasteiger partial charge is 0.0533 e.